The van der Waals surface area contributed by atoms with Gasteiger partial charge in [-0.3, -0.25) is 4.90 Å². The van der Waals surface area contributed by atoms with Crippen LogP contribution in [0, 0.1) is 11.8 Å². The Bertz CT molecular complexity index is 371. The Hall–Kier alpha value is -1.30. The van der Waals surface area contributed by atoms with Gasteiger partial charge in [-0.05, 0) is 31.5 Å². The third kappa shape index (κ3) is 2.63. The first kappa shape index (κ1) is 11.2. The van der Waals surface area contributed by atoms with E-state index in [4.69, 9.17) is 5.11 Å². The highest BCUT2D eigenvalue weighted by Crippen LogP contribution is 2.24. The molecular formula is C14H17NO. The van der Waals surface area contributed by atoms with E-state index in [0.717, 1.165) is 13.1 Å². The van der Waals surface area contributed by atoms with Crippen molar-refractivity contribution in [1.29, 1.82) is 0 Å². The second kappa shape index (κ2) is 5.69. The first-order valence-corrected chi connectivity index (χ1v) is 5.80. The summed E-state index contributed by atoms with van der Waals surface area (Å²) in [6.45, 7) is 2.16. The summed E-state index contributed by atoms with van der Waals surface area (Å²) in [6, 6.07) is 10.5. The Kier molecular flexibility index (Phi) is 3.98. The number of aliphatic hydroxyl groups is 1. The van der Waals surface area contributed by atoms with Crippen molar-refractivity contribution >= 4 is 0 Å². The Labute approximate surface area is 96.9 Å². The summed E-state index contributed by atoms with van der Waals surface area (Å²) in [7, 11) is 0. The monoisotopic (exact) mass is 215 g/mol. The van der Waals surface area contributed by atoms with Crippen molar-refractivity contribution < 1.29 is 5.11 Å². The van der Waals surface area contributed by atoms with Crippen molar-refractivity contribution in [3.8, 4) is 11.8 Å². The minimum Gasteiger partial charge on any atom is -0.384 e. The Morgan fingerprint density at radius 1 is 1.19 bits per heavy atom. The van der Waals surface area contributed by atoms with Gasteiger partial charge in [-0.15, -0.1) is 0 Å². The minimum atomic E-state index is -0.0584. The van der Waals surface area contributed by atoms with Crippen LogP contribution in [0.25, 0.3) is 0 Å². The summed E-state index contributed by atoms with van der Waals surface area (Å²) in [6.07, 6.45) is 2.51. The lowest BCUT2D eigenvalue weighted by Crippen LogP contribution is -2.24. The molecule has 1 atom stereocenters. The second-order valence-corrected chi connectivity index (χ2v) is 4.04. The number of rotatable bonds is 2. The maximum absolute atomic E-state index is 8.81. The second-order valence-electron chi connectivity index (χ2n) is 4.04. The van der Waals surface area contributed by atoms with Crippen LogP contribution in [-0.4, -0.2) is 29.7 Å². The van der Waals surface area contributed by atoms with Gasteiger partial charge in [0.1, 0.15) is 6.61 Å². The molecule has 1 aromatic rings. The summed E-state index contributed by atoms with van der Waals surface area (Å²) >= 11 is 0. The van der Waals surface area contributed by atoms with Crippen LogP contribution in [-0.2, 0) is 0 Å². The molecule has 0 saturated carbocycles. The number of hydrogen-bond donors (Lipinski definition) is 1. The molecule has 1 aliphatic heterocycles. The van der Waals surface area contributed by atoms with Gasteiger partial charge < -0.3 is 5.11 Å². The van der Waals surface area contributed by atoms with Crippen molar-refractivity contribution in [2.75, 3.05) is 19.7 Å². The lowest BCUT2D eigenvalue weighted by Gasteiger charge is -2.23. The fraction of sp³-hybridized carbons (Fsp3) is 0.429. The van der Waals surface area contributed by atoms with Gasteiger partial charge in [0.15, 0.2) is 0 Å². The molecule has 0 spiro atoms. The smallest absolute Gasteiger partial charge is 0.104 e. The molecule has 0 amide bonds. The van der Waals surface area contributed by atoms with Crippen LogP contribution in [0.4, 0.5) is 0 Å². The number of aliphatic hydroxyl groups excluding tert-OH is 1. The molecule has 1 N–H and O–H groups in total. The van der Waals surface area contributed by atoms with Crippen molar-refractivity contribution in [3.63, 3.8) is 0 Å². The zero-order chi connectivity index (χ0) is 11.2. The van der Waals surface area contributed by atoms with Gasteiger partial charge in [0.25, 0.3) is 0 Å². The summed E-state index contributed by atoms with van der Waals surface area (Å²) in [4.78, 5) is 2.39. The fourth-order valence-electron chi connectivity index (χ4n) is 2.16. The molecule has 1 aromatic carbocycles. The van der Waals surface area contributed by atoms with Gasteiger partial charge in [0, 0.05) is 0 Å². The molecule has 1 aliphatic rings. The molecule has 1 saturated heterocycles. The molecule has 2 heteroatoms. The summed E-state index contributed by atoms with van der Waals surface area (Å²) in [5, 5.41) is 8.81. The fourth-order valence-corrected chi connectivity index (χ4v) is 2.16. The highest BCUT2D eigenvalue weighted by molar-refractivity contribution is 5.27. The molecule has 2 nitrogen and oxygen atoms in total. The molecule has 1 fully saturated rings. The van der Waals surface area contributed by atoms with Crippen LogP contribution < -0.4 is 0 Å². The highest BCUT2D eigenvalue weighted by Gasteiger charge is 2.21. The molecule has 0 aromatic heterocycles. The molecule has 16 heavy (non-hydrogen) atoms. The van der Waals surface area contributed by atoms with Gasteiger partial charge in [0.05, 0.1) is 6.04 Å². The van der Waals surface area contributed by atoms with Crippen LogP contribution in [0.2, 0.25) is 0 Å². The zero-order valence-corrected chi connectivity index (χ0v) is 9.39. The summed E-state index contributed by atoms with van der Waals surface area (Å²) in [5.74, 6) is 5.94. The molecule has 0 bridgehead atoms. The van der Waals surface area contributed by atoms with Crippen molar-refractivity contribution in [2.45, 2.75) is 18.9 Å². The lowest BCUT2D eigenvalue weighted by atomic mass is 10.1. The molecule has 0 unspecified atom stereocenters. The Morgan fingerprint density at radius 3 is 2.50 bits per heavy atom. The zero-order valence-electron chi connectivity index (χ0n) is 9.39. The van der Waals surface area contributed by atoms with Gasteiger partial charge in [-0.2, -0.15) is 0 Å². The third-order valence-electron chi connectivity index (χ3n) is 2.94. The number of hydrogen-bond acceptors (Lipinski definition) is 2. The molecular weight excluding hydrogens is 198 g/mol. The summed E-state index contributed by atoms with van der Waals surface area (Å²) in [5.41, 5.74) is 1.23. The normalized spacial score (nSPS) is 17.8. The highest BCUT2D eigenvalue weighted by atomic mass is 16.2. The van der Waals surface area contributed by atoms with Crippen molar-refractivity contribution in [1.82, 2.24) is 4.90 Å². The topological polar surface area (TPSA) is 23.5 Å². The first-order valence-electron chi connectivity index (χ1n) is 5.80. The summed E-state index contributed by atoms with van der Waals surface area (Å²) < 4.78 is 0. The van der Waals surface area contributed by atoms with Crippen LogP contribution in [0.5, 0.6) is 0 Å². The average Bonchev–Trinajstić information content (AvgIpc) is 2.85. The van der Waals surface area contributed by atoms with E-state index in [9.17, 15) is 0 Å². The van der Waals surface area contributed by atoms with Crippen LogP contribution in [0.3, 0.4) is 0 Å². The molecule has 0 aliphatic carbocycles. The molecule has 2 rings (SSSR count). The quantitative estimate of drug-likeness (QED) is 0.761. The molecule has 0 radical (unpaired) electrons. The SMILES string of the molecule is OCC#C[C@H](c1ccccc1)N1CCCC1. The Balaban J connectivity index is 2.20. The average molecular weight is 215 g/mol. The largest absolute Gasteiger partial charge is 0.384 e. The number of likely N-dealkylation sites (tertiary alicyclic amines) is 1. The van der Waals surface area contributed by atoms with E-state index in [1.807, 2.05) is 18.2 Å². The van der Waals surface area contributed by atoms with Gasteiger partial charge in [0.2, 0.25) is 0 Å². The predicted molar refractivity (Wildman–Crippen MR) is 64.9 cm³/mol. The van der Waals surface area contributed by atoms with Gasteiger partial charge in [-0.25, -0.2) is 0 Å². The molecule has 1 heterocycles. The van der Waals surface area contributed by atoms with Gasteiger partial charge >= 0.3 is 0 Å². The minimum absolute atomic E-state index is 0.0584. The first-order chi connectivity index (χ1) is 7.92. The van der Waals surface area contributed by atoms with Gasteiger partial charge in [-0.1, -0.05) is 42.2 Å². The maximum Gasteiger partial charge on any atom is 0.104 e. The van der Waals surface area contributed by atoms with Crippen molar-refractivity contribution in [3.05, 3.63) is 35.9 Å². The third-order valence-corrected chi connectivity index (χ3v) is 2.94. The van der Waals surface area contributed by atoms with E-state index in [2.05, 4.69) is 28.9 Å². The number of nitrogens with zero attached hydrogens (tertiary/aromatic N) is 1. The van der Waals surface area contributed by atoms with Crippen LogP contribution in [0.15, 0.2) is 30.3 Å². The van der Waals surface area contributed by atoms with E-state index in [0.29, 0.717) is 0 Å². The maximum atomic E-state index is 8.81. The van der Waals surface area contributed by atoms with E-state index < -0.39 is 0 Å². The van der Waals surface area contributed by atoms with E-state index >= 15 is 0 Å². The van der Waals surface area contributed by atoms with Crippen molar-refractivity contribution in [2.24, 2.45) is 0 Å². The Morgan fingerprint density at radius 2 is 1.88 bits per heavy atom. The number of benzene rings is 1. The van der Waals surface area contributed by atoms with Crippen LogP contribution in [0.1, 0.15) is 24.4 Å². The van der Waals surface area contributed by atoms with Crippen LogP contribution >= 0.6 is 0 Å². The lowest BCUT2D eigenvalue weighted by molar-refractivity contribution is 0.295. The standard InChI is InChI=1S/C14H17NO/c16-12-6-9-14(15-10-4-5-11-15)13-7-2-1-3-8-13/h1-3,7-8,14,16H,4-5,10-12H2/t14-/m1/s1. The van der Waals surface area contributed by atoms with E-state index in [1.165, 1.54) is 18.4 Å². The van der Waals surface area contributed by atoms with E-state index in [-0.39, 0.29) is 12.6 Å². The predicted octanol–water partition coefficient (Wildman–Crippen LogP) is 1.82. The molecule has 84 valence electrons. The van der Waals surface area contributed by atoms with E-state index in [1.54, 1.807) is 0 Å².